The predicted octanol–water partition coefficient (Wildman–Crippen LogP) is 3.61. The van der Waals surface area contributed by atoms with Gasteiger partial charge in [0.1, 0.15) is 0 Å². The molecule has 1 rings (SSSR count). The molecule has 78 valence electrons. The minimum absolute atomic E-state index is 0.0415. The maximum atomic E-state index is 11.5. The number of benzene rings is 1. The molecule has 4 nitrogen and oxygen atoms in total. The van der Waals surface area contributed by atoms with Crippen LogP contribution in [0.4, 0.5) is 0 Å². The number of hydrogen-bond acceptors (Lipinski definition) is 2. The summed E-state index contributed by atoms with van der Waals surface area (Å²) in [6, 6.07) is 6.75. The van der Waals surface area contributed by atoms with E-state index in [-0.39, 0.29) is 5.78 Å². The maximum Gasteiger partial charge on any atom is 0.162 e. The summed E-state index contributed by atoms with van der Waals surface area (Å²) in [4.78, 5) is 14.2. The van der Waals surface area contributed by atoms with E-state index in [0.29, 0.717) is 30.0 Å². The second kappa shape index (κ2) is 6.06. The van der Waals surface area contributed by atoms with Crippen LogP contribution in [0.1, 0.15) is 23.2 Å². The Morgan fingerprint density at radius 1 is 1.40 bits per heavy atom. The molecule has 0 aliphatic heterocycles. The van der Waals surface area contributed by atoms with Crippen LogP contribution in [0.5, 0.6) is 0 Å². The fourth-order valence-corrected chi connectivity index (χ4v) is 1.26. The average Bonchev–Trinajstić information content (AvgIpc) is 2.25. The first-order valence-corrected chi connectivity index (χ1v) is 4.91. The summed E-state index contributed by atoms with van der Waals surface area (Å²) in [7, 11) is 0. The summed E-state index contributed by atoms with van der Waals surface area (Å²) in [6.07, 6.45) is 0.964. The lowest BCUT2D eigenvalue weighted by Gasteiger charge is -1.99. The topological polar surface area (TPSA) is 65.8 Å². The minimum Gasteiger partial charge on any atom is -0.294 e. The Labute approximate surface area is 92.5 Å². The van der Waals surface area contributed by atoms with Crippen molar-refractivity contribution in [3.63, 3.8) is 0 Å². The highest BCUT2D eigenvalue weighted by Crippen LogP contribution is 2.11. The Hall–Kier alpha value is -1.51. The molecule has 0 heterocycles. The summed E-state index contributed by atoms with van der Waals surface area (Å²) in [5.74, 6) is 0.0415. The van der Waals surface area contributed by atoms with E-state index in [4.69, 9.17) is 17.1 Å². The molecular formula is C10H10ClN3O. The van der Waals surface area contributed by atoms with Crippen LogP contribution < -0.4 is 0 Å². The van der Waals surface area contributed by atoms with Gasteiger partial charge in [0.25, 0.3) is 0 Å². The summed E-state index contributed by atoms with van der Waals surface area (Å²) in [6.45, 7) is 0.357. The first kappa shape index (κ1) is 11.6. The molecule has 5 heteroatoms. The third kappa shape index (κ3) is 4.02. The third-order valence-electron chi connectivity index (χ3n) is 1.89. The zero-order valence-electron chi connectivity index (χ0n) is 8.06. The number of carbonyl (C=O) groups is 1. The van der Waals surface area contributed by atoms with E-state index >= 15 is 0 Å². The zero-order chi connectivity index (χ0) is 11.1. The first-order chi connectivity index (χ1) is 7.24. The number of carbonyl (C=O) groups excluding carboxylic acids is 1. The fourth-order valence-electron chi connectivity index (χ4n) is 1.14. The number of nitrogens with zero attached hydrogens (tertiary/aromatic N) is 3. The molecule has 15 heavy (non-hydrogen) atoms. The molecule has 0 aliphatic carbocycles. The van der Waals surface area contributed by atoms with E-state index in [1.54, 1.807) is 24.3 Å². The molecule has 0 saturated heterocycles. The Balaban J connectivity index is 2.46. The lowest BCUT2D eigenvalue weighted by molar-refractivity contribution is 0.0981. The van der Waals surface area contributed by atoms with Gasteiger partial charge in [-0.05, 0) is 36.2 Å². The van der Waals surface area contributed by atoms with Crippen LogP contribution >= 0.6 is 11.6 Å². The highest BCUT2D eigenvalue weighted by molar-refractivity contribution is 6.30. The van der Waals surface area contributed by atoms with Crippen LogP contribution in [0.15, 0.2) is 29.4 Å². The summed E-state index contributed by atoms with van der Waals surface area (Å²) in [5.41, 5.74) is 8.68. The summed E-state index contributed by atoms with van der Waals surface area (Å²) < 4.78 is 0. The molecule has 0 atom stereocenters. The molecule has 0 fully saturated rings. The normalized spacial score (nSPS) is 9.40. The predicted molar refractivity (Wildman–Crippen MR) is 59.0 cm³/mol. The Bertz CT molecular complexity index is 382. The van der Waals surface area contributed by atoms with Gasteiger partial charge in [0.15, 0.2) is 5.78 Å². The van der Waals surface area contributed by atoms with Gasteiger partial charge in [0, 0.05) is 28.5 Å². The van der Waals surface area contributed by atoms with Crippen molar-refractivity contribution in [2.45, 2.75) is 12.8 Å². The third-order valence-corrected chi connectivity index (χ3v) is 2.14. The van der Waals surface area contributed by atoms with Crippen LogP contribution in [0, 0.1) is 0 Å². The van der Waals surface area contributed by atoms with Crippen molar-refractivity contribution in [1.82, 2.24) is 0 Å². The van der Waals surface area contributed by atoms with Crippen molar-refractivity contribution in [2.24, 2.45) is 5.11 Å². The molecule has 0 aliphatic rings. The van der Waals surface area contributed by atoms with Crippen molar-refractivity contribution in [3.05, 3.63) is 45.3 Å². The van der Waals surface area contributed by atoms with Gasteiger partial charge in [-0.3, -0.25) is 4.79 Å². The van der Waals surface area contributed by atoms with Gasteiger partial charge in [-0.2, -0.15) is 0 Å². The summed E-state index contributed by atoms with van der Waals surface area (Å²) in [5, 5.41) is 3.97. The first-order valence-electron chi connectivity index (χ1n) is 4.53. The summed E-state index contributed by atoms with van der Waals surface area (Å²) >= 11 is 5.70. The van der Waals surface area contributed by atoms with Crippen molar-refractivity contribution in [1.29, 1.82) is 0 Å². The quantitative estimate of drug-likeness (QED) is 0.247. The van der Waals surface area contributed by atoms with E-state index < -0.39 is 0 Å². The Morgan fingerprint density at radius 3 is 2.67 bits per heavy atom. The number of rotatable bonds is 5. The van der Waals surface area contributed by atoms with E-state index in [1.165, 1.54) is 0 Å². The molecule has 1 aromatic carbocycles. The van der Waals surface area contributed by atoms with Crippen LogP contribution in [-0.2, 0) is 0 Å². The molecule has 0 saturated carbocycles. The standard InChI is InChI=1S/C10H10ClN3O/c11-9-5-3-8(4-6-9)10(15)2-1-7-13-14-12/h3-6H,1-2,7H2. The van der Waals surface area contributed by atoms with Gasteiger partial charge in [0.2, 0.25) is 0 Å². The highest BCUT2D eigenvalue weighted by Gasteiger charge is 2.04. The SMILES string of the molecule is [N-]=[N+]=NCCCC(=O)c1ccc(Cl)cc1. The second-order valence-electron chi connectivity index (χ2n) is 2.99. The molecule has 0 aromatic heterocycles. The van der Waals surface area contributed by atoms with Gasteiger partial charge in [-0.1, -0.05) is 16.7 Å². The van der Waals surface area contributed by atoms with Crippen LogP contribution in [0.3, 0.4) is 0 Å². The van der Waals surface area contributed by atoms with Gasteiger partial charge in [0.05, 0.1) is 0 Å². The van der Waals surface area contributed by atoms with Crippen molar-refractivity contribution in [3.8, 4) is 0 Å². The number of azide groups is 1. The second-order valence-corrected chi connectivity index (χ2v) is 3.42. The molecule has 0 N–H and O–H groups in total. The van der Waals surface area contributed by atoms with Crippen LogP contribution in [0.2, 0.25) is 5.02 Å². The lowest BCUT2D eigenvalue weighted by Crippen LogP contribution is -1.99. The molecule has 0 spiro atoms. The van der Waals surface area contributed by atoms with Crippen LogP contribution in [0.25, 0.3) is 10.4 Å². The van der Waals surface area contributed by atoms with E-state index in [2.05, 4.69) is 10.0 Å². The van der Waals surface area contributed by atoms with E-state index in [1.807, 2.05) is 0 Å². The molecular weight excluding hydrogens is 214 g/mol. The van der Waals surface area contributed by atoms with E-state index in [9.17, 15) is 4.79 Å². The highest BCUT2D eigenvalue weighted by atomic mass is 35.5. The van der Waals surface area contributed by atoms with Gasteiger partial charge >= 0.3 is 0 Å². The van der Waals surface area contributed by atoms with Gasteiger partial charge < -0.3 is 0 Å². The lowest BCUT2D eigenvalue weighted by atomic mass is 10.1. The molecule has 1 aromatic rings. The number of ketones is 1. The van der Waals surface area contributed by atoms with Crippen LogP contribution in [-0.4, -0.2) is 12.3 Å². The van der Waals surface area contributed by atoms with E-state index in [0.717, 1.165) is 0 Å². The minimum atomic E-state index is 0.0415. The van der Waals surface area contributed by atoms with Crippen molar-refractivity contribution in [2.75, 3.05) is 6.54 Å². The van der Waals surface area contributed by atoms with Crippen molar-refractivity contribution >= 4 is 17.4 Å². The monoisotopic (exact) mass is 223 g/mol. The van der Waals surface area contributed by atoms with Crippen molar-refractivity contribution < 1.29 is 4.79 Å². The fraction of sp³-hybridized carbons (Fsp3) is 0.300. The molecule has 0 amide bonds. The Kier molecular flexibility index (Phi) is 4.68. The van der Waals surface area contributed by atoms with Gasteiger partial charge in [-0.15, -0.1) is 0 Å². The molecule has 0 radical (unpaired) electrons. The number of halogens is 1. The molecule has 0 bridgehead atoms. The largest absolute Gasteiger partial charge is 0.294 e. The number of Topliss-reactive ketones (excluding diaryl/α,β-unsaturated/α-hetero) is 1. The van der Waals surface area contributed by atoms with Gasteiger partial charge in [-0.25, -0.2) is 0 Å². The molecule has 0 unspecified atom stereocenters. The average molecular weight is 224 g/mol. The number of hydrogen-bond donors (Lipinski definition) is 0. The smallest absolute Gasteiger partial charge is 0.162 e. The Morgan fingerprint density at radius 2 is 2.07 bits per heavy atom. The maximum absolute atomic E-state index is 11.5. The zero-order valence-corrected chi connectivity index (χ0v) is 8.81.